The van der Waals surface area contributed by atoms with E-state index in [1.54, 1.807) is 7.11 Å². The van der Waals surface area contributed by atoms with Gasteiger partial charge in [-0.25, -0.2) is 0 Å². The number of hydrogen-bond acceptors (Lipinski definition) is 3. The Labute approximate surface area is 107 Å². The van der Waals surface area contributed by atoms with Crippen LogP contribution in [0.2, 0.25) is 0 Å². The van der Waals surface area contributed by atoms with E-state index in [1.165, 1.54) is 5.56 Å². The highest BCUT2D eigenvalue weighted by atomic mass is 16.6. The molecule has 1 aromatic carbocycles. The molecule has 2 unspecified atom stereocenters. The molecular weight excluding hydrogens is 226 g/mol. The molecule has 94 valence electrons. The highest BCUT2D eigenvalue weighted by molar-refractivity contribution is 5.93. The van der Waals surface area contributed by atoms with E-state index in [0.29, 0.717) is 5.92 Å². The first-order valence-electron chi connectivity index (χ1n) is 6.31. The SMILES string of the molecule is COC1=CC2C(C(C)C)=NOC2c2ccccc21. The van der Waals surface area contributed by atoms with E-state index in [1.807, 2.05) is 12.1 Å². The Morgan fingerprint density at radius 2 is 2.06 bits per heavy atom. The standard InChI is InChI=1S/C15H17NO2/c1-9(2)14-12-8-13(17-3)10-6-4-5-7-11(10)15(12)18-16-14/h4-9,12,15H,1-3H3. The third-order valence-corrected chi connectivity index (χ3v) is 3.61. The molecule has 1 aromatic rings. The van der Waals surface area contributed by atoms with Crippen molar-refractivity contribution in [1.82, 2.24) is 0 Å². The first kappa shape index (κ1) is 11.3. The molecule has 0 bridgehead atoms. The summed E-state index contributed by atoms with van der Waals surface area (Å²) in [4.78, 5) is 5.64. The van der Waals surface area contributed by atoms with Gasteiger partial charge in [-0.15, -0.1) is 0 Å². The summed E-state index contributed by atoms with van der Waals surface area (Å²) in [5.74, 6) is 1.51. The molecule has 2 atom stereocenters. The molecule has 0 spiro atoms. The third kappa shape index (κ3) is 1.54. The summed E-state index contributed by atoms with van der Waals surface area (Å²) in [6.45, 7) is 4.29. The molecule has 1 aliphatic heterocycles. The van der Waals surface area contributed by atoms with Crippen LogP contribution >= 0.6 is 0 Å². The lowest BCUT2D eigenvalue weighted by Gasteiger charge is -2.26. The maximum absolute atomic E-state index is 5.64. The molecule has 3 nitrogen and oxygen atoms in total. The zero-order valence-corrected chi connectivity index (χ0v) is 10.9. The van der Waals surface area contributed by atoms with Crippen LogP contribution in [0.4, 0.5) is 0 Å². The Bertz CT molecular complexity index is 531. The minimum atomic E-state index is 0.0116. The van der Waals surface area contributed by atoms with Gasteiger partial charge in [0, 0.05) is 11.1 Å². The molecule has 0 radical (unpaired) electrons. The predicted octanol–water partition coefficient (Wildman–Crippen LogP) is 3.39. The molecule has 2 aliphatic rings. The van der Waals surface area contributed by atoms with Gasteiger partial charge in [-0.2, -0.15) is 0 Å². The van der Waals surface area contributed by atoms with Crippen molar-refractivity contribution in [1.29, 1.82) is 0 Å². The van der Waals surface area contributed by atoms with Crippen molar-refractivity contribution in [3.63, 3.8) is 0 Å². The van der Waals surface area contributed by atoms with Gasteiger partial charge in [0.15, 0.2) is 6.10 Å². The molecule has 0 N–H and O–H groups in total. The Hall–Kier alpha value is -1.77. The lowest BCUT2D eigenvalue weighted by atomic mass is 9.81. The molecule has 0 saturated heterocycles. The number of methoxy groups -OCH3 is 1. The molecule has 1 aliphatic carbocycles. The van der Waals surface area contributed by atoms with Crippen LogP contribution in [0.15, 0.2) is 35.5 Å². The highest BCUT2D eigenvalue weighted by Crippen LogP contribution is 2.43. The molecule has 0 fully saturated rings. The number of nitrogens with zero attached hydrogens (tertiary/aromatic N) is 1. The summed E-state index contributed by atoms with van der Waals surface area (Å²) in [7, 11) is 1.71. The fourth-order valence-corrected chi connectivity index (χ4v) is 2.71. The van der Waals surface area contributed by atoms with Crippen LogP contribution in [-0.2, 0) is 9.57 Å². The normalized spacial score (nSPS) is 24.9. The van der Waals surface area contributed by atoms with Crippen molar-refractivity contribution >= 4 is 11.5 Å². The highest BCUT2D eigenvalue weighted by Gasteiger charge is 2.40. The Kier molecular flexibility index (Phi) is 2.62. The summed E-state index contributed by atoms with van der Waals surface area (Å²) >= 11 is 0. The lowest BCUT2D eigenvalue weighted by Crippen LogP contribution is -2.23. The van der Waals surface area contributed by atoms with Crippen LogP contribution in [0.5, 0.6) is 0 Å². The summed E-state index contributed by atoms with van der Waals surface area (Å²) in [5.41, 5.74) is 3.38. The zero-order chi connectivity index (χ0) is 12.7. The van der Waals surface area contributed by atoms with Crippen molar-refractivity contribution in [2.45, 2.75) is 20.0 Å². The van der Waals surface area contributed by atoms with Gasteiger partial charge in [0.1, 0.15) is 5.76 Å². The first-order chi connectivity index (χ1) is 8.72. The maximum atomic E-state index is 5.64. The monoisotopic (exact) mass is 243 g/mol. The van der Waals surface area contributed by atoms with Crippen molar-refractivity contribution in [3.05, 3.63) is 41.5 Å². The first-order valence-corrected chi connectivity index (χ1v) is 6.31. The van der Waals surface area contributed by atoms with E-state index in [9.17, 15) is 0 Å². The van der Waals surface area contributed by atoms with Gasteiger partial charge in [0.25, 0.3) is 0 Å². The van der Waals surface area contributed by atoms with Gasteiger partial charge in [-0.1, -0.05) is 43.3 Å². The van der Waals surface area contributed by atoms with E-state index in [-0.39, 0.29) is 12.0 Å². The van der Waals surface area contributed by atoms with Gasteiger partial charge in [0.05, 0.1) is 18.7 Å². The summed E-state index contributed by atoms with van der Waals surface area (Å²) in [6.07, 6.45) is 2.15. The van der Waals surface area contributed by atoms with Crippen LogP contribution in [0, 0.1) is 11.8 Å². The Morgan fingerprint density at radius 3 is 2.78 bits per heavy atom. The quantitative estimate of drug-likeness (QED) is 0.797. The lowest BCUT2D eigenvalue weighted by molar-refractivity contribution is 0.0685. The molecular formula is C15H17NO2. The van der Waals surface area contributed by atoms with E-state index in [0.717, 1.165) is 17.0 Å². The molecule has 0 saturated carbocycles. The fraction of sp³-hybridized carbons (Fsp3) is 0.400. The summed E-state index contributed by atoms with van der Waals surface area (Å²) < 4.78 is 5.50. The molecule has 1 heterocycles. The number of oxime groups is 1. The average Bonchev–Trinajstić information content (AvgIpc) is 2.81. The number of ether oxygens (including phenoxy) is 1. The molecule has 0 aromatic heterocycles. The van der Waals surface area contributed by atoms with Crippen molar-refractivity contribution in [3.8, 4) is 0 Å². The minimum Gasteiger partial charge on any atom is -0.496 e. The second-order valence-electron chi connectivity index (χ2n) is 5.04. The maximum Gasteiger partial charge on any atom is 0.165 e. The predicted molar refractivity (Wildman–Crippen MR) is 71.0 cm³/mol. The number of hydrogen-bond donors (Lipinski definition) is 0. The Balaban J connectivity index is 2.09. The van der Waals surface area contributed by atoms with Crippen molar-refractivity contribution < 1.29 is 9.57 Å². The second kappa shape index (κ2) is 4.16. The Morgan fingerprint density at radius 1 is 1.28 bits per heavy atom. The van der Waals surface area contributed by atoms with E-state index < -0.39 is 0 Å². The van der Waals surface area contributed by atoms with Crippen LogP contribution in [-0.4, -0.2) is 12.8 Å². The second-order valence-corrected chi connectivity index (χ2v) is 5.04. The van der Waals surface area contributed by atoms with Gasteiger partial charge in [-0.3, -0.25) is 0 Å². The molecule has 3 heteroatoms. The average molecular weight is 243 g/mol. The number of benzene rings is 1. The van der Waals surface area contributed by atoms with Crippen LogP contribution in [0.25, 0.3) is 5.76 Å². The molecule has 3 rings (SSSR count). The van der Waals surface area contributed by atoms with Crippen LogP contribution in [0.3, 0.4) is 0 Å². The van der Waals surface area contributed by atoms with Gasteiger partial charge >= 0.3 is 0 Å². The smallest absolute Gasteiger partial charge is 0.165 e. The molecule has 18 heavy (non-hydrogen) atoms. The topological polar surface area (TPSA) is 30.8 Å². The van der Waals surface area contributed by atoms with E-state index in [2.05, 4.69) is 37.2 Å². The van der Waals surface area contributed by atoms with Crippen LogP contribution < -0.4 is 0 Å². The van der Waals surface area contributed by atoms with Gasteiger partial charge in [0.2, 0.25) is 0 Å². The van der Waals surface area contributed by atoms with E-state index >= 15 is 0 Å². The third-order valence-electron chi connectivity index (χ3n) is 3.61. The fourth-order valence-electron chi connectivity index (χ4n) is 2.71. The van der Waals surface area contributed by atoms with Crippen LogP contribution in [0.1, 0.15) is 31.1 Å². The zero-order valence-electron chi connectivity index (χ0n) is 10.9. The summed E-state index contributed by atoms with van der Waals surface area (Å²) in [6, 6.07) is 8.21. The van der Waals surface area contributed by atoms with Crippen molar-refractivity contribution in [2.75, 3.05) is 7.11 Å². The largest absolute Gasteiger partial charge is 0.496 e. The van der Waals surface area contributed by atoms with Crippen molar-refractivity contribution in [2.24, 2.45) is 17.0 Å². The summed E-state index contributed by atoms with van der Waals surface area (Å²) in [5, 5.41) is 4.26. The number of fused-ring (bicyclic) bond motifs is 3. The van der Waals surface area contributed by atoms with Gasteiger partial charge < -0.3 is 9.57 Å². The molecule has 0 amide bonds. The minimum absolute atomic E-state index is 0.0116. The number of rotatable bonds is 2. The van der Waals surface area contributed by atoms with Gasteiger partial charge in [-0.05, 0) is 12.0 Å². The van der Waals surface area contributed by atoms with E-state index in [4.69, 9.17) is 9.57 Å².